The summed E-state index contributed by atoms with van der Waals surface area (Å²) >= 11 is 6.16. The number of benzene rings is 5. The average Bonchev–Trinajstić information content (AvgIpc) is 3.32. The molecule has 0 atom stereocenters. The third kappa shape index (κ3) is 3.43. The fraction of sp³-hybridized carbons (Fsp3) is 0. The molecule has 7 aromatic rings. The maximum Gasteiger partial charge on any atom is 0.164 e. The average molecular weight is 484 g/mol. The molecule has 0 saturated carbocycles. The second-order valence-corrected chi connectivity index (χ2v) is 9.05. The minimum Gasteiger partial charge on any atom is -0.456 e. The number of halogens is 1. The van der Waals surface area contributed by atoms with Crippen molar-refractivity contribution in [2.75, 3.05) is 0 Å². The molecule has 2 heterocycles. The fourth-order valence-electron chi connectivity index (χ4n) is 4.73. The molecule has 0 aliphatic rings. The Hall–Kier alpha value is -4.54. The first-order valence-corrected chi connectivity index (χ1v) is 12.0. The van der Waals surface area contributed by atoms with Crippen LogP contribution in [0.3, 0.4) is 0 Å². The van der Waals surface area contributed by atoms with E-state index in [-0.39, 0.29) is 0 Å². The van der Waals surface area contributed by atoms with Gasteiger partial charge in [-0.25, -0.2) is 15.0 Å². The lowest BCUT2D eigenvalue weighted by molar-refractivity contribution is 0.669. The molecule has 0 bridgehead atoms. The lowest BCUT2D eigenvalue weighted by Gasteiger charge is -2.11. The van der Waals surface area contributed by atoms with Gasteiger partial charge in [-0.1, -0.05) is 84.4 Å². The van der Waals surface area contributed by atoms with Gasteiger partial charge < -0.3 is 4.42 Å². The largest absolute Gasteiger partial charge is 0.456 e. The highest BCUT2D eigenvalue weighted by atomic mass is 35.5. The summed E-state index contributed by atoms with van der Waals surface area (Å²) in [5.74, 6) is 1.80. The van der Waals surface area contributed by atoms with E-state index in [1.807, 2.05) is 78.9 Å². The van der Waals surface area contributed by atoms with E-state index in [0.717, 1.165) is 49.4 Å². The summed E-state index contributed by atoms with van der Waals surface area (Å²) in [7, 11) is 0. The zero-order valence-electron chi connectivity index (χ0n) is 19.0. The molecule has 0 unspecified atom stereocenters. The standard InChI is InChI=1S/C31H18ClN3O/c32-21-17-15-20(16-18-21)29-33-30(23-11-5-8-19-7-1-2-9-22(19)23)35-31(34-29)25-12-6-14-27-28(25)24-10-3-4-13-26(24)36-27/h1-18H. The normalized spacial score (nSPS) is 11.5. The highest BCUT2D eigenvalue weighted by Crippen LogP contribution is 2.37. The van der Waals surface area contributed by atoms with Crippen molar-refractivity contribution in [3.63, 3.8) is 0 Å². The Morgan fingerprint density at radius 2 is 1.11 bits per heavy atom. The molecule has 0 aliphatic carbocycles. The van der Waals surface area contributed by atoms with Gasteiger partial charge >= 0.3 is 0 Å². The first-order valence-electron chi connectivity index (χ1n) is 11.7. The van der Waals surface area contributed by atoms with E-state index < -0.39 is 0 Å². The summed E-state index contributed by atoms with van der Waals surface area (Å²) in [4.78, 5) is 14.9. The molecule has 0 saturated heterocycles. The van der Waals surface area contributed by atoms with Crippen molar-refractivity contribution in [1.82, 2.24) is 15.0 Å². The van der Waals surface area contributed by atoms with Crippen LogP contribution >= 0.6 is 11.6 Å². The molecular formula is C31H18ClN3O. The summed E-state index contributed by atoms with van der Waals surface area (Å²) in [6.45, 7) is 0. The maximum absolute atomic E-state index is 6.16. The summed E-state index contributed by atoms with van der Waals surface area (Å²) in [5, 5.41) is 4.91. The highest BCUT2D eigenvalue weighted by Gasteiger charge is 2.18. The monoisotopic (exact) mass is 483 g/mol. The lowest BCUT2D eigenvalue weighted by Crippen LogP contribution is -2.00. The Kier molecular flexibility index (Phi) is 4.79. The second kappa shape index (κ2) is 8.29. The minimum atomic E-state index is 0.587. The Morgan fingerprint density at radius 3 is 1.97 bits per heavy atom. The number of hydrogen-bond donors (Lipinski definition) is 0. The molecule has 0 amide bonds. The fourth-order valence-corrected chi connectivity index (χ4v) is 4.85. The van der Waals surface area contributed by atoms with Gasteiger partial charge in [0.05, 0.1) is 0 Å². The molecule has 170 valence electrons. The maximum atomic E-state index is 6.16. The first kappa shape index (κ1) is 20.8. The van der Waals surface area contributed by atoms with E-state index in [1.165, 1.54) is 0 Å². The summed E-state index contributed by atoms with van der Waals surface area (Å²) < 4.78 is 6.13. The zero-order chi connectivity index (χ0) is 24.1. The highest BCUT2D eigenvalue weighted by molar-refractivity contribution is 6.30. The predicted octanol–water partition coefficient (Wildman–Crippen LogP) is 8.58. The van der Waals surface area contributed by atoms with E-state index >= 15 is 0 Å². The van der Waals surface area contributed by atoms with E-state index in [9.17, 15) is 0 Å². The van der Waals surface area contributed by atoms with Gasteiger partial charge in [-0.15, -0.1) is 0 Å². The van der Waals surface area contributed by atoms with Crippen LogP contribution < -0.4 is 0 Å². The number of furan rings is 1. The molecule has 5 heteroatoms. The number of aromatic nitrogens is 3. The van der Waals surface area contributed by atoms with Crippen LogP contribution in [0.4, 0.5) is 0 Å². The minimum absolute atomic E-state index is 0.587. The SMILES string of the molecule is Clc1ccc(-c2nc(-c3cccc4ccccc34)nc(-c3cccc4oc5ccccc5c34)n2)cc1. The van der Waals surface area contributed by atoms with Crippen LogP contribution in [0.15, 0.2) is 114 Å². The molecule has 2 aromatic heterocycles. The van der Waals surface area contributed by atoms with Crippen molar-refractivity contribution < 1.29 is 4.42 Å². The van der Waals surface area contributed by atoms with Gasteiger partial charge in [0.25, 0.3) is 0 Å². The molecule has 0 fully saturated rings. The number of hydrogen-bond acceptors (Lipinski definition) is 4. The van der Waals surface area contributed by atoms with E-state index in [4.69, 9.17) is 31.0 Å². The van der Waals surface area contributed by atoms with Gasteiger partial charge in [0.1, 0.15) is 11.2 Å². The molecular weight excluding hydrogens is 466 g/mol. The summed E-state index contributed by atoms with van der Waals surface area (Å²) in [6, 6.07) is 36.0. The zero-order valence-corrected chi connectivity index (χ0v) is 19.8. The number of rotatable bonds is 3. The van der Waals surface area contributed by atoms with E-state index in [1.54, 1.807) is 0 Å². The smallest absolute Gasteiger partial charge is 0.164 e. The van der Waals surface area contributed by atoms with E-state index in [0.29, 0.717) is 22.5 Å². The third-order valence-corrected chi connectivity index (χ3v) is 6.66. The van der Waals surface area contributed by atoms with E-state index in [2.05, 4.69) is 30.3 Å². The molecule has 0 N–H and O–H groups in total. The summed E-state index contributed by atoms with van der Waals surface area (Å²) in [6.07, 6.45) is 0. The molecule has 4 nitrogen and oxygen atoms in total. The number of fused-ring (bicyclic) bond motifs is 4. The van der Waals surface area contributed by atoms with Crippen molar-refractivity contribution in [2.24, 2.45) is 0 Å². The first-order chi connectivity index (χ1) is 17.7. The van der Waals surface area contributed by atoms with Crippen molar-refractivity contribution in [3.05, 3.63) is 114 Å². The topological polar surface area (TPSA) is 51.8 Å². The summed E-state index contributed by atoms with van der Waals surface area (Å²) in [5.41, 5.74) is 4.36. The molecule has 5 aromatic carbocycles. The van der Waals surface area contributed by atoms with Gasteiger partial charge in [0, 0.05) is 32.5 Å². The van der Waals surface area contributed by atoms with Gasteiger partial charge in [-0.2, -0.15) is 0 Å². The van der Waals surface area contributed by atoms with Gasteiger partial charge in [-0.3, -0.25) is 0 Å². The Labute approximate surface area is 211 Å². The number of nitrogens with zero attached hydrogens (tertiary/aromatic N) is 3. The van der Waals surface area contributed by atoms with Crippen LogP contribution in [0.1, 0.15) is 0 Å². The van der Waals surface area contributed by atoms with Crippen molar-refractivity contribution in [3.8, 4) is 34.2 Å². The van der Waals surface area contributed by atoms with Crippen LogP contribution in [0.2, 0.25) is 5.02 Å². The third-order valence-electron chi connectivity index (χ3n) is 6.41. The lowest BCUT2D eigenvalue weighted by atomic mass is 10.0. The second-order valence-electron chi connectivity index (χ2n) is 8.62. The molecule has 0 aliphatic heterocycles. The van der Waals surface area contributed by atoms with Crippen LogP contribution in [0, 0.1) is 0 Å². The number of para-hydroxylation sites is 1. The van der Waals surface area contributed by atoms with Crippen molar-refractivity contribution >= 4 is 44.3 Å². The molecule has 0 spiro atoms. The molecule has 0 radical (unpaired) electrons. The van der Waals surface area contributed by atoms with Gasteiger partial charge in [0.2, 0.25) is 0 Å². The molecule has 7 rings (SSSR count). The van der Waals surface area contributed by atoms with Crippen molar-refractivity contribution in [2.45, 2.75) is 0 Å². The van der Waals surface area contributed by atoms with Crippen molar-refractivity contribution in [1.29, 1.82) is 0 Å². The van der Waals surface area contributed by atoms with Gasteiger partial charge in [0.15, 0.2) is 17.5 Å². The van der Waals surface area contributed by atoms with Crippen LogP contribution in [0.25, 0.3) is 66.9 Å². The Bertz CT molecular complexity index is 1900. The Morgan fingerprint density at radius 1 is 0.500 bits per heavy atom. The Balaban J connectivity index is 1.54. The van der Waals surface area contributed by atoms with Crippen LogP contribution in [0.5, 0.6) is 0 Å². The van der Waals surface area contributed by atoms with Gasteiger partial charge in [-0.05, 0) is 47.2 Å². The quantitative estimate of drug-likeness (QED) is 0.252. The predicted molar refractivity (Wildman–Crippen MR) is 146 cm³/mol. The molecule has 36 heavy (non-hydrogen) atoms. The van der Waals surface area contributed by atoms with Crippen LogP contribution in [-0.2, 0) is 0 Å². The van der Waals surface area contributed by atoms with Crippen LogP contribution in [-0.4, -0.2) is 15.0 Å².